The molecular weight excluding hydrogens is 270 g/mol. The van der Waals surface area contributed by atoms with E-state index in [1.807, 2.05) is 0 Å². The molecule has 0 unspecified atom stereocenters. The highest BCUT2D eigenvalue weighted by molar-refractivity contribution is 6.30. The summed E-state index contributed by atoms with van der Waals surface area (Å²) >= 11 is 5.75. The smallest absolute Gasteiger partial charge is 0.346 e. The molecule has 0 aliphatic heterocycles. The van der Waals surface area contributed by atoms with Crippen molar-refractivity contribution in [2.75, 3.05) is 14.2 Å². The van der Waals surface area contributed by atoms with Gasteiger partial charge in [-0.1, -0.05) is 23.7 Å². The Hall–Kier alpha value is -2.01. The zero-order valence-corrected chi connectivity index (χ0v) is 11.4. The summed E-state index contributed by atoms with van der Waals surface area (Å²) in [5.74, 6) is -1.32. The first-order chi connectivity index (χ1) is 9.08. The Labute approximate surface area is 116 Å². The van der Waals surface area contributed by atoms with Crippen molar-refractivity contribution in [2.24, 2.45) is 0 Å². The van der Waals surface area contributed by atoms with Crippen molar-refractivity contribution in [2.45, 2.75) is 6.54 Å². The molecule has 0 spiro atoms. The molecule has 1 N–H and O–H groups in total. The standard InChI is InChI=1S/C13H14ClNO4/c1-18-8-11(13(17)19-2)12(16)15-7-9-3-5-10(14)6-4-9/h3-6,8H,7H2,1-2H3,(H,15,16). The van der Waals surface area contributed by atoms with Gasteiger partial charge in [0.05, 0.1) is 14.2 Å². The van der Waals surface area contributed by atoms with E-state index in [0.717, 1.165) is 11.8 Å². The summed E-state index contributed by atoms with van der Waals surface area (Å²) < 4.78 is 9.16. The van der Waals surface area contributed by atoms with Crippen LogP contribution in [0.15, 0.2) is 36.1 Å². The maximum absolute atomic E-state index is 11.8. The molecule has 5 nitrogen and oxygen atoms in total. The first-order valence-electron chi connectivity index (χ1n) is 5.42. The fourth-order valence-electron chi connectivity index (χ4n) is 1.30. The zero-order valence-electron chi connectivity index (χ0n) is 10.6. The summed E-state index contributed by atoms with van der Waals surface area (Å²) in [6.45, 7) is 0.272. The number of carbonyl (C=O) groups excluding carboxylic acids is 2. The Morgan fingerprint density at radius 3 is 2.42 bits per heavy atom. The van der Waals surface area contributed by atoms with Crippen molar-refractivity contribution in [1.29, 1.82) is 0 Å². The average molecular weight is 284 g/mol. The quantitative estimate of drug-likeness (QED) is 0.293. The normalized spacial score (nSPS) is 10.8. The van der Waals surface area contributed by atoms with Crippen molar-refractivity contribution >= 4 is 23.5 Å². The van der Waals surface area contributed by atoms with E-state index in [0.29, 0.717) is 5.02 Å². The number of hydrogen-bond acceptors (Lipinski definition) is 4. The van der Waals surface area contributed by atoms with Gasteiger partial charge in [-0.05, 0) is 17.7 Å². The second-order valence-electron chi connectivity index (χ2n) is 3.57. The molecule has 0 radical (unpaired) electrons. The molecule has 1 aromatic carbocycles. The van der Waals surface area contributed by atoms with Crippen LogP contribution in [-0.2, 0) is 25.6 Å². The highest BCUT2D eigenvalue weighted by atomic mass is 35.5. The third kappa shape index (κ3) is 4.63. The van der Waals surface area contributed by atoms with Crippen LogP contribution in [0.3, 0.4) is 0 Å². The van der Waals surface area contributed by atoms with Crippen LogP contribution in [0.1, 0.15) is 5.56 Å². The Bertz CT molecular complexity index is 482. The molecule has 0 fully saturated rings. The number of ether oxygens (including phenoxy) is 2. The van der Waals surface area contributed by atoms with Gasteiger partial charge in [0.1, 0.15) is 6.26 Å². The van der Waals surface area contributed by atoms with Crippen LogP contribution >= 0.6 is 11.6 Å². The maximum atomic E-state index is 11.8. The predicted molar refractivity (Wildman–Crippen MR) is 70.4 cm³/mol. The number of halogens is 1. The zero-order chi connectivity index (χ0) is 14.3. The van der Waals surface area contributed by atoms with Gasteiger partial charge in [-0.15, -0.1) is 0 Å². The summed E-state index contributed by atoms with van der Waals surface area (Å²) in [5, 5.41) is 3.20. The number of esters is 1. The topological polar surface area (TPSA) is 64.6 Å². The summed E-state index contributed by atoms with van der Waals surface area (Å²) in [5.41, 5.74) is 0.665. The molecule has 0 saturated heterocycles. The fourth-order valence-corrected chi connectivity index (χ4v) is 1.43. The third-order valence-electron chi connectivity index (χ3n) is 2.25. The lowest BCUT2D eigenvalue weighted by atomic mass is 10.2. The van der Waals surface area contributed by atoms with Crippen LogP contribution in [0, 0.1) is 0 Å². The second-order valence-corrected chi connectivity index (χ2v) is 4.00. The number of nitrogens with one attached hydrogen (secondary N) is 1. The van der Waals surface area contributed by atoms with E-state index in [1.165, 1.54) is 14.2 Å². The third-order valence-corrected chi connectivity index (χ3v) is 2.50. The van der Waals surface area contributed by atoms with E-state index in [2.05, 4.69) is 14.8 Å². The SMILES string of the molecule is COC=C(C(=O)NCc1ccc(Cl)cc1)C(=O)OC. The van der Waals surface area contributed by atoms with E-state index in [1.54, 1.807) is 24.3 Å². The van der Waals surface area contributed by atoms with Crippen molar-refractivity contribution in [3.63, 3.8) is 0 Å². The minimum Gasteiger partial charge on any atom is -0.503 e. The van der Waals surface area contributed by atoms with Crippen LogP contribution in [0.25, 0.3) is 0 Å². The van der Waals surface area contributed by atoms with Crippen molar-refractivity contribution in [3.8, 4) is 0 Å². The predicted octanol–water partition coefficient (Wildman–Crippen LogP) is 1.66. The minimum absolute atomic E-state index is 0.195. The minimum atomic E-state index is -0.754. The van der Waals surface area contributed by atoms with Crippen molar-refractivity contribution in [1.82, 2.24) is 5.32 Å². The van der Waals surface area contributed by atoms with E-state index in [9.17, 15) is 9.59 Å². The van der Waals surface area contributed by atoms with E-state index < -0.39 is 11.9 Å². The molecular formula is C13H14ClNO4. The van der Waals surface area contributed by atoms with Gasteiger partial charge < -0.3 is 14.8 Å². The van der Waals surface area contributed by atoms with Gasteiger partial charge in [0, 0.05) is 11.6 Å². The molecule has 6 heteroatoms. The van der Waals surface area contributed by atoms with Gasteiger partial charge in [-0.25, -0.2) is 4.79 Å². The number of carbonyl (C=O) groups is 2. The number of rotatable bonds is 5. The number of benzene rings is 1. The van der Waals surface area contributed by atoms with Crippen LogP contribution in [0.2, 0.25) is 5.02 Å². The summed E-state index contributed by atoms with van der Waals surface area (Å²) in [7, 11) is 2.54. The molecule has 1 rings (SSSR count). The van der Waals surface area contributed by atoms with Gasteiger partial charge in [0.25, 0.3) is 5.91 Å². The average Bonchev–Trinajstić information content (AvgIpc) is 2.43. The van der Waals surface area contributed by atoms with Gasteiger partial charge in [0.2, 0.25) is 0 Å². The number of amides is 1. The summed E-state index contributed by atoms with van der Waals surface area (Å²) in [6.07, 6.45) is 1.04. The first-order valence-corrected chi connectivity index (χ1v) is 5.80. The van der Waals surface area contributed by atoms with Gasteiger partial charge in [-0.3, -0.25) is 4.79 Å². The Balaban J connectivity index is 2.65. The lowest BCUT2D eigenvalue weighted by Crippen LogP contribution is -2.28. The van der Waals surface area contributed by atoms with E-state index >= 15 is 0 Å². The summed E-state index contributed by atoms with van der Waals surface area (Å²) in [4.78, 5) is 23.1. The Morgan fingerprint density at radius 1 is 1.26 bits per heavy atom. The van der Waals surface area contributed by atoms with Crippen LogP contribution < -0.4 is 5.32 Å². The highest BCUT2D eigenvalue weighted by Crippen LogP contribution is 2.09. The Kier molecular flexibility index (Phi) is 5.89. The molecule has 0 aliphatic rings. The molecule has 19 heavy (non-hydrogen) atoms. The molecule has 0 aromatic heterocycles. The van der Waals surface area contributed by atoms with Crippen LogP contribution in [-0.4, -0.2) is 26.1 Å². The fraction of sp³-hybridized carbons (Fsp3) is 0.231. The lowest BCUT2D eigenvalue weighted by Gasteiger charge is -2.07. The molecule has 1 amide bonds. The molecule has 1 aromatic rings. The summed E-state index contributed by atoms with van der Waals surface area (Å²) in [6, 6.07) is 6.99. The van der Waals surface area contributed by atoms with Gasteiger partial charge in [-0.2, -0.15) is 0 Å². The molecule has 0 saturated carbocycles. The molecule has 0 bridgehead atoms. The van der Waals surface area contributed by atoms with E-state index in [-0.39, 0.29) is 12.1 Å². The maximum Gasteiger partial charge on any atom is 0.346 e. The second kappa shape index (κ2) is 7.43. The molecule has 0 atom stereocenters. The Morgan fingerprint density at radius 2 is 1.89 bits per heavy atom. The van der Waals surface area contributed by atoms with Crippen LogP contribution in [0.5, 0.6) is 0 Å². The first kappa shape index (κ1) is 15.0. The van der Waals surface area contributed by atoms with Gasteiger partial charge in [0.15, 0.2) is 5.57 Å². The number of methoxy groups -OCH3 is 2. The largest absolute Gasteiger partial charge is 0.503 e. The molecule has 102 valence electrons. The van der Waals surface area contributed by atoms with E-state index in [4.69, 9.17) is 11.6 Å². The van der Waals surface area contributed by atoms with Crippen LogP contribution in [0.4, 0.5) is 0 Å². The highest BCUT2D eigenvalue weighted by Gasteiger charge is 2.19. The van der Waals surface area contributed by atoms with Gasteiger partial charge >= 0.3 is 5.97 Å². The lowest BCUT2D eigenvalue weighted by molar-refractivity contribution is -0.138. The van der Waals surface area contributed by atoms with Crippen molar-refractivity contribution < 1.29 is 19.1 Å². The molecule has 0 aliphatic carbocycles. The monoisotopic (exact) mass is 283 g/mol. The number of hydrogen-bond donors (Lipinski definition) is 1. The van der Waals surface area contributed by atoms with Crippen molar-refractivity contribution in [3.05, 3.63) is 46.7 Å². The molecule has 0 heterocycles.